The topological polar surface area (TPSA) is 54.3 Å². The van der Waals surface area contributed by atoms with Gasteiger partial charge in [0, 0.05) is 45.1 Å². The lowest BCUT2D eigenvalue weighted by atomic mass is 10.0. The van der Waals surface area contributed by atoms with Crippen molar-refractivity contribution in [2.24, 2.45) is 7.05 Å². The molecule has 1 aromatic carbocycles. The van der Waals surface area contributed by atoms with Crippen molar-refractivity contribution in [2.75, 3.05) is 25.0 Å². The smallest absolute Gasteiger partial charge is 0.254 e. The van der Waals surface area contributed by atoms with Crippen LogP contribution in [0.2, 0.25) is 0 Å². The van der Waals surface area contributed by atoms with Crippen LogP contribution in [0, 0.1) is 6.92 Å². The highest BCUT2D eigenvalue weighted by Gasteiger charge is 2.23. The van der Waals surface area contributed by atoms with Gasteiger partial charge in [-0.05, 0) is 49.8 Å². The zero-order valence-corrected chi connectivity index (χ0v) is 19.4. The van der Waals surface area contributed by atoms with Crippen LogP contribution in [0.15, 0.2) is 30.3 Å². The number of pyridine rings is 1. The number of benzene rings is 1. The van der Waals surface area contributed by atoms with Gasteiger partial charge in [0.25, 0.3) is 5.91 Å². The van der Waals surface area contributed by atoms with Crippen LogP contribution in [0.4, 0.5) is 5.69 Å². The van der Waals surface area contributed by atoms with Gasteiger partial charge in [-0.2, -0.15) is 5.10 Å². The van der Waals surface area contributed by atoms with Gasteiger partial charge in [0.2, 0.25) is 0 Å². The Hall–Kier alpha value is -2.89. The van der Waals surface area contributed by atoms with E-state index >= 15 is 0 Å². The van der Waals surface area contributed by atoms with Gasteiger partial charge in [-0.3, -0.25) is 9.48 Å². The van der Waals surface area contributed by atoms with Gasteiger partial charge >= 0.3 is 0 Å². The SMILES string of the molecule is Cc1nn(C)c2nc(C(C)C)cc(C(=O)N(C)Cc3ccccc3N3CCCCC3)c12. The largest absolute Gasteiger partial charge is 0.371 e. The van der Waals surface area contributed by atoms with Crippen LogP contribution < -0.4 is 4.90 Å². The molecule has 31 heavy (non-hydrogen) atoms. The Labute approximate surface area is 184 Å². The first-order valence-electron chi connectivity index (χ1n) is 11.3. The molecule has 1 fully saturated rings. The zero-order valence-electron chi connectivity index (χ0n) is 19.4. The predicted octanol–water partition coefficient (Wildman–Crippen LogP) is 4.66. The highest BCUT2D eigenvalue weighted by Crippen LogP contribution is 2.28. The second-order valence-corrected chi connectivity index (χ2v) is 8.99. The summed E-state index contributed by atoms with van der Waals surface area (Å²) in [5, 5.41) is 5.38. The minimum atomic E-state index is 0.0128. The Bertz CT molecular complexity index is 1090. The molecule has 1 aliphatic rings. The maximum Gasteiger partial charge on any atom is 0.254 e. The Balaban J connectivity index is 1.68. The van der Waals surface area contributed by atoms with Crippen molar-refractivity contribution < 1.29 is 4.79 Å². The molecule has 1 saturated heterocycles. The molecule has 4 rings (SSSR count). The van der Waals surface area contributed by atoms with E-state index in [0.29, 0.717) is 12.1 Å². The standard InChI is InChI=1S/C25H33N5O/c1-17(2)21-15-20(23-18(3)27-29(5)24(23)26-21)25(31)28(4)16-19-11-7-8-12-22(19)30-13-9-6-10-14-30/h7-8,11-12,15,17H,6,9-10,13-14,16H2,1-5H3. The van der Waals surface area contributed by atoms with Crippen LogP contribution in [0.5, 0.6) is 0 Å². The summed E-state index contributed by atoms with van der Waals surface area (Å²) in [6, 6.07) is 10.4. The Morgan fingerprint density at radius 3 is 2.58 bits per heavy atom. The van der Waals surface area contributed by atoms with Gasteiger partial charge in [0.1, 0.15) is 0 Å². The number of hydrogen-bond donors (Lipinski definition) is 0. The number of amides is 1. The van der Waals surface area contributed by atoms with E-state index in [4.69, 9.17) is 4.98 Å². The second-order valence-electron chi connectivity index (χ2n) is 8.99. The maximum atomic E-state index is 13.6. The summed E-state index contributed by atoms with van der Waals surface area (Å²) in [5.41, 5.74) is 5.66. The van der Waals surface area contributed by atoms with Crippen molar-refractivity contribution in [3.05, 3.63) is 52.8 Å². The normalized spacial score (nSPS) is 14.5. The summed E-state index contributed by atoms with van der Waals surface area (Å²) in [5.74, 6) is 0.245. The molecule has 0 bridgehead atoms. The summed E-state index contributed by atoms with van der Waals surface area (Å²) in [4.78, 5) is 22.7. The number of rotatable bonds is 5. The molecular formula is C25H33N5O. The maximum absolute atomic E-state index is 13.6. The van der Waals surface area contributed by atoms with E-state index in [0.717, 1.165) is 35.5 Å². The number of carbonyl (C=O) groups is 1. The van der Waals surface area contributed by atoms with Crippen LogP contribution in [-0.2, 0) is 13.6 Å². The number of carbonyl (C=O) groups excluding carboxylic acids is 1. The fourth-order valence-corrected chi connectivity index (χ4v) is 4.55. The van der Waals surface area contributed by atoms with E-state index in [1.54, 1.807) is 4.68 Å². The molecule has 0 N–H and O–H groups in total. The third kappa shape index (κ3) is 4.16. The number of hydrogen-bond acceptors (Lipinski definition) is 4. The molecule has 0 unspecified atom stereocenters. The first-order valence-corrected chi connectivity index (χ1v) is 11.3. The van der Waals surface area contributed by atoms with Crippen LogP contribution in [-0.4, -0.2) is 45.7 Å². The van der Waals surface area contributed by atoms with Crippen molar-refractivity contribution >= 4 is 22.6 Å². The average Bonchev–Trinajstić information content (AvgIpc) is 3.07. The lowest BCUT2D eigenvalue weighted by Gasteiger charge is -2.31. The van der Waals surface area contributed by atoms with Gasteiger partial charge < -0.3 is 9.80 Å². The summed E-state index contributed by atoms with van der Waals surface area (Å²) in [7, 11) is 3.78. The van der Waals surface area contributed by atoms with E-state index in [-0.39, 0.29) is 11.8 Å². The lowest BCUT2D eigenvalue weighted by molar-refractivity contribution is 0.0787. The number of aryl methyl sites for hydroxylation is 2. The monoisotopic (exact) mass is 419 g/mol. The first kappa shape index (κ1) is 21.3. The molecule has 1 aliphatic heterocycles. The van der Waals surface area contributed by atoms with E-state index in [2.05, 4.69) is 48.1 Å². The third-order valence-corrected chi connectivity index (χ3v) is 6.25. The van der Waals surface area contributed by atoms with Crippen LogP contribution in [0.1, 0.15) is 66.3 Å². The third-order valence-electron chi connectivity index (χ3n) is 6.25. The van der Waals surface area contributed by atoms with Gasteiger partial charge in [0.05, 0.1) is 16.6 Å². The quantitative estimate of drug-likeness (QED) is 0.603. The molecule has 3 aromatic rings. The highest BCUT2D eigenvalue weighted by atomic mass is 16.2. The molecule has 6 nitrogen and oxygen atoms in total. The zero-order chi connectivity index (χ0) is 22.1. The Morgan fingerprint density at radius 1 is 1.16 bits per heavy atom. The molecule has 0 saturated carbocycles. The van der Waals surface area contributed by atoms with E-state index in [1.165, 1.54) is 30.5 Å². The summed E-state index contributed by atoms with van der Waals surface area (Å²) < 4.78 is 1.78. The summed E-state index contributed by atoms with van der Waals surface area (Å²) in [6.45, 7) is 8.90. The number of aromatic nitrogens is 3. The number of nitrogens with zero attached hydrogens (tertiary/aromatic N) is 5. The number of piperidine rings is 1. The van der Waals surface area contributed by atoms with Gasteiger partial charge in [0.15, 0.2) is 5.65 Å². The molecular weight excluding hydrogens is 386 g/mol. The van der Waals surface area contributed by atoms with Gasteiger partial charge in [-0.1, -0.05) is 32.0 Å². The summed E-state index contributed by atoms with van der Waals surface area (Å²) in [6.07, 6.45) is 3.77. The fraction of sp³-hybridized carbons (Fsp3) is 0.480. The van der Waals surface area contributed by atoms with E-state index < -0.39 is 0 Å². The first-order chi connectivity index (χ1) is 14.9. The van der Waals surface area contributed by atoms with Crippen LogP contribution in [0.25, 0.3) is 11.0 Å². The Kier molecular flexibility index (Phi) is 5.99. The van der Waals surface area contributed by atoms with Gasteiger partial charge in [-0.25, -0.2) is 4.98 Å². The molecule has 1 amide bonds. The van der Waals surface area contributed by atoms with Crippen LogP contribution >= 0.6 is 0 Å². The lowest BCUT2D eigenvalue weighted by Crippen LogP contribution is -2.32. The molecule has 2 aromatic heterocycles. The molecule has 0 atom stereocenters. The molecule has 0 aliphatic carbocycles. The van der Waals surface area contributed by atoms with Crippen LogP contribution in [0.3, 0.4) is 0 Å². The molecule has 0 spiro atoms. The Morgan fingerprint density at radius 2 is 1.87 bits per heavy atom. The minimum absolute atomic E-state index is 0.0128. The fourth-order valence-electron chi connectivity index (χ4n) is 4.55. The molecule has 164 valence electrons. The minimum Gasteiger partial charge on any atom is -0.371 e. The highest BCUT2D eigenvalue weighted by molar-refractivity contribution is 6.06. The molecule has 0 radical (unpaired) electrons. The van der Waals surface area contributed by atoms with Crippen molar-refractivity contribution in [1.82, 2.24) is 19.7 Å². The van der Waals surface area contributed by atoms with Crippen molar-refractivity contribution in [2.45, 2.75) is 52.5 Å². The van der Waals surface area contributed by atoms with Crippen molar-refractivity contribution in [1.29, 1.82) is 0 Å². The van der Waals surface area contributed by atoms with Crippen molar-refractivity contribution in [3.8, 4) is 0 Å². The number of anilines is 1. The van der Waals surface area contributed by atoms with E-state index in [9.17, 15) is 4.79 Å². The number of para-hydroxylation sites is 1. The second kappa shape index (κ2) is 8.69. The van der Waals surface area contributed by atoms with Crippen molar-refractivity contribution in [3.63, 3.8) is 0 Å². The summed E-state index contributed by atoms with van der Waals surface area (Å²) >= 11 is 0. The van der Waals surface area contributed by atoms with Gasteiger partial charge in [-0.15, -0.1) is 0 Å². The van der Waals surface area contributed by atoms with E-state index in [1.807, 2.05) is 32.0 Å². The number of fused-ring (bicyclic) bond motifs is 1. The molecule has 6 heteroatoms. The predicted molar refractivity (Wildman–Crippen MR) is 126 cm³/mol. The molecule has 3 heterocycles. The average molecular weight is 420 g/mol.